The van der Waals surface area contributed by atoms with Gasteiger partial charge in [-0.15, -0.1) is 0 Å². The van der Waals surface area contributed by atoms with Crippen LogP contribution in [0.4, 0.5) is 0 Å². The number of benzene rings is 1. The molecular formula is C26H27ClN4O3. The second-order valence-corrected chi connectivity index (χ2v) is 8.94. The Morgan fingerprint density at radius 2 is 1.79 bits per heavy atom. The maximum atomic E-state index is 13.5. The fourth-order valence-electron chi connectivity index (χ4n) is 4.27. The highest BCUT2D eigenvalue weighted by atomic mass is 35.5. The van der Waals surface area contributed by atoms with Gasteiger partial charge in [0.1, 0.15) is 5.69 Å². The molecule has 3 atom stereocenters. The van der Waals surface area contributed by atoms with Crippen molar-refractivity contribution < 1.29 is 14.3 Å². The molecule has 0 aliphatic heterocycles. The zero-order valence-corrected chi connectivity index (χ0v) is 19.4. The minimum Gasteiger partial charge on any atom is -0.437 e. The Kier molecular flexibility index (Phi) is 7.55. The van der Waals surface area contributed by atoms with E-state index in [1.165, 1.54) is 6.20 Å². The van der Waals surface area contributed by atoms with E-state index in [2.05, 4.69) is 15.3 Å². The minimum atomic E-state index is -1.57. The highest BCUT2D eigenvalue weighted by Crippen LogP contribution is 2.31. The summed E-state index contributed by atoms with van der Waals surface area (Å²) >= 11 is 6.18. The van der Waals surface area contributed by atoms with Gasteiger partial charge in [-0.1, -0.05) is 48.7 Å². The van der Waals surface area contributed by atoms with Gasteiger partial charge in [-0.05, 0) is 49.2 Å². The summed E-state index contributed by atoms with van der Waals surface area (Å²) in [5.74, 6) is -1.21. The summed E-state index contributed by atoms with van der Waals surface area (Å²) in [5.41, 5.74) is 6.64. The molecular weight excluding hydrogens is 452 g/mol. The number of carbonyl (C=O) groups is 2. The molecule has 0 bridgehead atoms. The van der Waals surface area contributed by atoms with Gasteiger partial charge >= 0.3 is 5.97 Å². The number of nitrogens with two attached hydrogens (primary N) is 1. The molecule has 0 saturated heterocycles. The number of hydrogen-bond acceptors (Lipinski definition) is 6. The quantitative estimate of drug-likeness (QED) is 0.392. The zero-order valence-electron chi connectivity index (χ0n) is 18.7. The van der Waals surface area contributed by atoms with Crippen LogP contribution in [0.5, 0.6) is 0 Å². The summed E-state index contributed by atoms with van der Waals surface area (Å²) in [5, 5.41) is 3.45. The SMILES string of the molecule is NC(Cc1ccccn1)(OC(=O)C1CCCCC1NC(=O)c1ccccc1)c1cc(Cl)ccn1. The number of hydrogen-bond donors (Lipinski definition) is 2. The number of pyridine rings is 2. The van der Waals surface area contributed by atoms with Crippen LogP contribution >= 0.6 is 11.6 Å². The molecule has 3 unspecified atom stereocenters. The van der Waals surface area contributed by atoms with Crippen LogP contribution in [0.1, 0.15) is 47.4 Å². The van der Waals surface area contributed by atoms with E-state index in [4.69, 9.17) is 22.1 Å². The lowest BCUT2D eigenvalue weighted by Gasteiger charge is -2.35. The minimum absolute atomic E-state index is 0.126. The first-order chi connectivity index (χ1) is 16.4. The third kappa shape index (κ3) is 5.79. The highest BCUT2D eigenvalue weighted by molar-refractivity contribution is 6.30. The predicted molar refractivity (Wildman–Crippen MR) is 129 cm³/mol. The fourth-order valence-corrected chi connectivity index (χ4v) is 4.43. The average Bonchev–Trinajstić information content (AvgIpc) is 2.85. The van der Waals surface area contributed by atoms with E-state index in [1.807, 2.05) is 18.2 Å². The average molecular weight is 479 g/mol. The number of esters is 1. The molecule has 1 saturated carbocycles. The molecule has 4 rings (SSSR count). The second-order valence-electron chi connectivity index (χ2n) is 8.50. The van der Waals surface area contributed by atoms with Crippen molar-refractivity contribution in [3.8, 4) is 0 Å². The molecule has 34 heavy (non-hydrogen) atoms. The van der Waals surface area contributed by atoms with E-state index in [9.17, 15) is 9.59 Å². The Morgan fingerprint density at radius 3 is 2.53 bits per heavy atom. The smallest absolute Gasteiger partial charge is 0.313 e. The van der Waals surface area contributed by atoms with Gasteiger partial charge < -0.3 is 10.1 Å². The number of amides is 1. The van der Waals surface area contributed by atoms with Crippen molar-refractivity contribution in [2.75, 3.05) is 0 Å². The third-order valence-corrected chi connectivity index (χ3v) is 6.26. The van der Waals surface area contributed by atoms with Crippen LogP contribution < -0.4 is 11.1 Å². The first-order valence-electron chi connectivity index (χ1n) is 11.3. The van der Waals surface area contributed by atoms with Crippen molar-refractivity contribution >= 4 is 23.5 Å². The van der Waals surface area contributed by atoms with E-state index in [0.29, 0.717) is 34.8 Å². The van der Waals surface area contributed by atoms with Crippen LogP contribution in [-0.4, -0.2) is 27.9 Å². The lowest BCUT2D eigenvalue weighted by molar-refractivity contribution is -0.168. The number of rotatable bonds is 7. The van der Waals surface area contributed by atoms with Crippen molar-refractivity contribution in [3.63, 3.8) is 0 Å². The molecule has 1 amide bonds. The van der Waals surface area contributed by atoms with Gasteiger partial charge in [0.15, 0.2) is 0 Å². The first kappa shape index (κ1) is 23.9. The van der Waals surface area contributed by atoms with Crippen molar-refractivity contribution in [1.29, 1.82) is 0 Å². The van der Waals surface area contributed by atoms with Crippen molar-refractivity contribution in [1.82, 2.24) is 15.3 Å². The van der Waals surface area contributed by atoms with E-state index in [-0.39, 0.29) is 18.4 Å². The summed E-state index contributed by atoms with van der Waals surface area (Å²) in [6, 6.07) is 17.3. The fraction of sp³-hybridized carbons (Fsp3) is 0.308. The van der Waals surface area contributed by atoms with Gasteiger partial charge in [-0.25, -0.2) is 0 Å². The predicted octanol–water partition coefficient (Wildman–Crippen LogP) is 4.02. The van der Waals surface area contributed by atoms with Gasteiger partial charge in [0.25, 0.3) is 5.91 Å². The molecule has 176 valence electrons. The number of nitrogens with one attached hydrogen (secondary N) is 1. The second kappa shape index (κ2) is 10.8. The number of carbonyl (C=O) groups excluding carboxylic acids is 2. The number of aromatic nitrogens is 2. The van der Waals surface area contributed by atoms with Crippen molar-refractivity contribution in [3.05, 3.63) is 95.0 Å². The van der Waals surface area contributed by atoms with E-state index >= 15 is 0 Å². The van der Waals surface area contributed by atoms with Crippen LogP contribution in [0.15, 0.2) is 73.1 Å². The molecule has 2 aromatic heterocycles. The van der Waals surface area contributed by atoms with E-state index < -0.39 is 17.6 Å². The summed E-state index contributed by atoms with van der Waals surface area (Å²) in [6.07, 6.45) is 6.37. The number of halogens is 1. The lowest BCUT2D eigenvalue weighted by atomic mass is 9.84. The van der Waals surface area contributed by atoms with Crippen LogP contribution in [0.3, 0.4) is 0 Å². The van der Waals surface area contributed by atoms with Crippen molar-refractivity contribution in [2.45, 2.75) is 43.9 Å². The summed E-state index contributed by atoms with van der Waals surface area (Å²) in [7, 11) is 0. The maximum absolute atomic E-state index is 13.5. The lowest BCUT2D eigenvalue weighted by Crippen LogP contribution is -2.50. The number of ether oxygens (including phenoxy) is 1. The Labute approximate surface area is 203 Å². The molecule has 2 heterocycles. The molecule has 1 fully saturated rings. The Balaban J connectivity index is 1.56. The largest absolute Gasteiger partial charge is 0.437 e. The molecule has 3 aromatic rings. The zero-order chi connectivity index (χ0) is 24.0. The molecule has 0 spiro atoms. The molecule has 3 N–H and O–H groups in total. The Bertz CT molecular complexity index is 1130. The molecule has 0 radical (unpaired) electrons. The molecule has 7 nitrogen and oxygen atoms in total. The van der Waals surface area contributed by atoms with Crippen molar-refractivity contribution in [2.24, 2.45) is 11.7 Å². The van der Waals surface area contributed by atoms with Crippen LogP contribution in [0.25, 0.3) is 0 Å². The molecule has 1 aliphatic carbocycles. The molecule has 1 aliphatic rings. The molecule has 8 heteroatoms. The third-order valence-electron chi connectivity index (χ3n) is 6.03. The van der Waals surface area contributed by atoms with Crippen LogP contribution in [0, 0.1) is 5.92 Å². The van der Waals surface area contributed by atoms with Gasteiger partial charge in [0.2, 0.25) is 5.72 Å². The van der Waals surface area contributed by atoms with Gasteiger partial charge in [0.05, 0.1) is 5.92 Å². The van der Waals surface area contributed by atoms with E-state index in [1.54, 1.807) is 48.7 Å². The Morgan fingerprint density at radius 1 is 1.03 bits per heavy atom. The summed E-state index contributed by atoms with van der Waals surface area (Å²) in [4.78, 5) is 34.9. The highest BCUT2D eigenvalue weighted by Gasteiger charge is 2.40. The Hall–Kier alpha value is -3.29. The van der Waals surface area contributed by atoms with Gasteiger partial charge in [0, 0.05) is 41.1 Å². The van der Waals surface area contributed by atoms with Gasteiger partial charge in [-0.3, -0.25) is 25.3 Å². The van der Waals surface area contributed by atoms with Gasteiger partial charge in [-0.2, -0.15) is 0 Å². The normalized spacial score (nSPS) is 19.6. The topological polar surface area (TPSA) is 107 Å². The molecule has 1 aromatic carbocycles. The summed E-state index contributed by atoms with van der Waals surface area (Å²) in [6.45, 7) is 0. The first-order valence-corrected chi connectivity index (χ1v) is 11.7. The maximum Gasteiger partial charge on any atom is 0.313 e. The summed E-state index contributed by atoms with van der Waals surface area (Å²) < 4.78 is 5.97. The standard InChI is InChI=1S/C26H27ClN4O3/c27-19-13-15-30-23(16-19)26(28,17-20-10-6-7-14-29-20)34-25(33)21-11-4-5-12-22(21)31-24(32)18-8-2-1-3-9-18/h1-3,6-10,13-16,21-22H,4-5,11-12,17,28H2,(H,31,32). The van der Waals surface area contributed by atoms with Crippen LogP contribution in [0.2, 0.25) is 5.02 Å². The number of nitrogens with zero attached hydrogens (tertiary/aromatic N) is 2. The van der Waals surface area contributed by atoms with Crippen LogP contribution in [-0.2, 0) is 21.7 Å². The van der Waals surface area contributed by atoms with E-state index in [0.717, 1.165) is 12.8 Å². The monoisotopic (exact) mass is 478 g/mol.